The van der Waals surface area contributed by atoms with E-state index in [1.54, 1.807) is 0 Å². The lowest BCUT2D eigenvalue weighted by atomic mass is 9.89. The average molecular weight is 296 g/mol. The fourth-order valence-corrected chi connectivity index (χ4v) is 3.61. The lowest BCUT2D eigenvalue weighted by molar-refractivity contribution is -0.122. The number of nitrogens with one attached hydrogen (secondary N) is 1. The standard InChI is InChI=1S/C17H32N2O2/c1-13(2)7-8-17(21)18-14-9-11-19(12-10-14)15-5-3-4-6-16(15)20/h13-16,20H,3-12H2,1-2H3,(H,18,21). The fourth-order valence-electron chi connectivity index (χ4n) is 3.61. The van der Waals surface area contributed by atoms with Gasteiger partial charge in [0.2, 0.25) is 5.91 Å². The van der Waals surface area contributed by atoms with Crippen molar-refractivity contribution in [2.75, 3.05) is 13.1 Å². The number of hydrogen-bond acceptors (Lipinski definition) is 3. The Morgan fingerprint density at radius 1 is 1.19 bits per heavy atom. The van der Waals surface area contributed by atoms with Crippen molar-refractivity contribution in [1.29, 1.82) is 0 Å². The topological polar surface area (TPSA) is 52.6 Å². The Balaban J connectivity index is 1.69. The Labute approximate surface area is 129 Å². The van der Waals surface area contributed by atoms with Gasteiger partial charge in [-0.2, -0.15) is 0 Å². The Morgan fingerprint density at radius 3 is 2.48 bits per heavy atom. The molecule has 1 saturated heterocycles. The van der Waals surface area contributed by atoms with E-state index in [0.717, 1.165) is 45.2 Å². The molecule has 122 valence electrons. The summed E-state index contributed by atoms with van der Waals surface area (Å²) in [5.41, 5.74) is 0. The summed E-state index contributed by atoms with van der Waals surface area (Å²) >= 11 is 0. The molecule has 0 aromatic heterocycles. The van der Waals surface area contributed by atoms with Gasteiger partial charge in [0.05, 0.1) is 6.10 Å². The van der Waals surface area contributed by atoms with E-state index in [4.69, 9.17) is 0 Å². The van der Waals surface area contributed by atoms with Crippen molar-refractivity contribution in [1.82, 2.24) is 10.2 Å². The number of carbonyl (C=O) groups excluding carboxylic acids is 1. The number of carbonyl (C=O) groups is 1. The fraction of sp³-hybridized carbons (Fsp3) is 0.941. The molecule has 4 nitrogen and oxygen atoms in total. The molecule has 4 heteroatoms. The third-order valence-corrected chi connectivity index (χ3v) is 5.01. The highest BCUT2D eigenvalue weighted by molar-refractivity contribution is 5.76. The monoisotopic (exact) mass is 296 g/mol. The molecule has 1 amide bonds. The van der Waals surface area contributed by atoms with Gasteiger partial charge < -0.3 is 10.4 Å². The molecule has 1 heterocycles. The summed E-state index contributed by atoms with van der Waals surface area (Å²) < 4.78 is 0. The van der Waals surface area contributed by atoms with Crippen LogP contribution in [0.5, 0.6) is 0 Å². The predicted octanol–water partition coefficient (Wildman–Crippen LogP) is 2.31. The summed E-state index contributed by atoms with van der Waals surface area (Å²) in [5, 5.41) is 13.3. The maximum Gasteiger partial charge on any atom is 0.220 e. The van der Waals surface area contributed by atoms with Gasteiger partial charge >= 0.3 is 0 Å². The highest BCUT2D eigenvalue weighted by atomic mass is 16.3. The zero-order valence-electron chi connectivity index (χ0n) is 13.7. The molecule has 1 aliphatic carbocycles. The van der Waals surface area contributed by atoms with Gasteiger partial charge in [0.15, 0.2) is 0 Å². The molecular formula is C17H32N2O2. The van der Waals surface area contributed by atoms with Crippen LogP contribution in [0, 0.1) is 5.92 Å². The van der Waals surface area contributed by atoms with Crippen molar-refractivity contribution in [2.24, 2.45) is 5.92 Å². The molecule has 2 N–H and O–H groups in total. The highest BCUT2D eigenvalue weighted by Gasteiger charge is 2.31. The van der Waals surface area contributed by atoms with Crippen LogP contribution in [0.15, 0.2) is 0 Å². The van der Waals surface area contributed by atoms with Crippen LogP contribution in [0.3, 0.4) is 0 Å². The number of amides is 1. The number of nitrogens with zero attached hydrogens (tertiary/aromatic N) is 1. The van der Waals surface area contributed by atoms with E-state index < -0.39 is 0 Å². The van der Waals surface area contributed by atoms with Gasteiger partial charge in [-0.05, 0) is 38.0 Å². The van der Waals surface area contributed by atoms with Crippen LogP contribution in [-0.4, -0.2) is 47.2 Å². The average Bonchev–Trinajstić information content (AvgIpc) is 2.47. The van der Waals surface area contributed by atoms with Crippen molar-refractivity contribution in [3.8, 4) is 0 Å². The summed E-state index contributed by atoms with van der Waals surface area (Å²) in [6, 6.07) is 0.693. The molecule has 0 radical (unpaired) electrons. The van der Waals surface area contributed by atoms with E-state index in [-0.39, 0.29) is 12.0 Å². The van der Waals surface area contributed by atoms with E-state index >= 15 is 0 Å². The number of hydrogen-bond donors (Lipinski definition) is 2. The third-order valence-electron chi connectivity index (χ3n) is 5.01. The minimum Gasteiger partial charge on any atom is -0.391 e. The molecule has 2 aliphatic rings. The van der Waals surface area contributed by atoms with Crippen LogP contribution < -0.4 is 5.32 Å². The van der Waals surface area contributed by atoms with Crippen molar-refractivity contribution in [3.63, 3.8) is 0 Å². The van der Waals surface area contributed by atoms with E-state index in [2.05, 4.69) is 24.1 Å². The Hall–Kier alpha value is -0.610. The first-order valence-electron chi connectivity index (χ1n) is 8.77. The van der Waals surface area contributed by atoms with Gasteiger partial charge in [0, 0.05) is 31.6 Å². The van der Waals surface area contributed by atoms with Crippen LogP contribution in [0.4, 0.5) is 0 Å². The third kappa shape index (κ3) is 5.26. The van der Waals surface area contributed by atoms with Gasteiger partial charge in [-0.1, -0.05) is 26.7 Å². The minimum absolute atomic E-state index is 0.143. The molecule has 0 spiro atoms. The van der Waals surface area contributed by atoms with Gasteiger partial charge in [-0.15, -0.1) is 0 Å². The van der Waals surface area contributed by atoms with Crippen LogP contribution in [0.25, 0.3) is 0 Å². The number of aliphatic hydroxyl groups excluding tert-OH is 1. The molecule has 2 rings (SSSR count). The minimum atomic E-state index is -0.143. The molecule has 2 fully saturated rings. The molecule has 1 saturated carbocycles. The Bertz CT molecular complexity index is 325. The van der Waals surface area contributed by atoms with E-state index in [9.17, 15) is 9.90 Å². The zero-order valence-corrected chi connectivity index (χ0v) is 13.7. The number of piperidine rings is 1. The SMILES string of the molecule is CC(C)CCC(=O)NC1CCN(C2CCCCC2O)CC1. The molecule has 2 atom stereocenters. The number of rotatable bonds is 5. The second-order valence-electron chi connectivity index (χ2n) is 7.23. The molecule has 0 bridgehead atoms. The predicted molar refractivity (Wildman–Crippen MR) is 85.1 cm³/mol. The van der Waals surface area contributed by atoms with Gasteiger partial charge in [-0.3, -0.25) is 9.69 Å². The molecule has 21 heavy (non-hydrogen) atoms. The van der Waals surface area contributed by atoms with Crippen molar-refractivity contribution < 1.29 is 9.90 Å². The smallest absolute Gasteiger partial charge is 0.220 e. The normalized spacial score (nSPS) is 28.8. The summed E-state index contributed by atoms with van der Waals surface area (Å²) in [4.78, 5) is 14.3. The van der Waals surface area contributed by atoms with Gasteiger partial charge in [-0.25, -0.2) is 0 Å². The maximum absolute atomic E-state index is 11.9. The molecule has 2 unspecified atom stereocenters. The van der Waals surface area contributed by atoms with Crippen molar-refractivity contribution in [2.45, 2.75) is 83.4 Å². The molecule has 0 aromatic rings. The van der Waals surface area contributed by atoms with E-state index in [1.807, 2.05) is 0 Å². The van der Waals surface area contributed by atoms with Gasteiger partial charge in [0.1, 0.15) is 0 Å². The summed E-state index contributed by atoms with van der Waals surface area (Å²) in [5.74, 6) is 0.797. The van der Waals surface area contributed by atoms with Crippen LogP contribution in [0.2, 0.25) is 0 Å². The quantitative estimate of drug-likeness (QED) is 0.818. The first-order valence-corrected chi connectivity index (χ1v) is 8.77. The van der Waals surface area contributed by atoms with Crippen molar-refractivity contribution >= 4 is 5.91 Å². The zero-order chi connectivity index (χ0) is 15.2. The van der Waals surface area contributed by atoms with Crippen LogP contribution in [-0.2, 0) is 4.79 Å². The second kappa shape index (κ2) is 8.14. The summed E-state index contributed by atoms with van der Waals surface area (Å²) in [6.45, 7) is 6.33. The second-order valence-corrected chi connectivity index (χ2v) is 7.23. The van der Waals surface area contributed by atoms with E-state index in [0.29, 0.717) is 24.4 Å². The molecular weight excluding hydrogens is 264 g/mol. The van der Waals surface area contributed by atoms with E-state index in [1.165, 1.54) is 12.8 Å². The number of aliphatic hydroxyl groups is 1. The largest absolute Gasteiger partial charge is 0.391 e. The first kappa shape index (κ1) is 16.8. The number of likely N-dealkylation sites (tertiary alicyclic amines) is 1. The maximum atomic E-state index is 11.9. The molecule has 1 aliphatic heterocycles. The van der Waals surface area contributed by atoms with Crippen molar-refractivity contribution in [3.05, 3.63) is 0 Å². The Kier molecular flexibility index (Phi) is 6.49. The first-order chi connectivity index (χ1) is 10.1. The van der Waals surface area contributed by atoms with Crippen LogP contribution in [0.1, 0.15) is 65.2 Å². The lowest BCUT2D eigenvalue weighted by Crippen LogP contribution is -2.52. The van der Waals surface area contributed by atoms with Crippen LogP contribution >= 0.6 is 0 Å². The van der Waals surface area contributed by atoms with Gasteiger partial charge in [0.25, 0.3) is 0 Å². The summed E-state index contributed by atoms with van der Waals surface area (Å²) in [7, 11) is 0. The summed E-state index contributed by atoms with van der Waals surface area (Å²) in [6.07, 6.45) is 8.03. The molecule has 0 aromatic carbocycles. The Morgan fingerprint density at radius 2 is 1.86 bits per heavy atom. The highest BCUT2D eigenvalue weighted by Crippen LogP contribution is 2.25. The lowest BCUT2D eigenvalue weighted by Gasteiger charge is -2.41.